The van der Waals surface area contributed by atoms with Crippen molar-refractivity contribution in [1.29, 1.82) is 0 Å². The van der Waals surface area contributed by atoms with Gasteiger partial charge < -0.3 is 9.64 Å². The number of aromatic nitrogens is 2. The topological polar surface area (TPSA) is 64.4 Å². The zero-order valence-corrected chi connectivity index (χ0v) is 11.2. The van der Waals surface area contributed by atoms with Gasteiger partial charge in [-0.05, 0) is 18.9 Å². The molecular formula is C13H16FN3O3. The van der Waals surface area contributed by atoms with Gasteiger partial charge in [0.2, 0.25) is 0 Å². The number of esters is 1. The van der Waals surface area contributed by atoms with Crippen molar-refractivity contribution in [1.82, 2.24) is 14.7 Å². The first-order valence-corrected chi connectivity index (χ1v) is 6.30. The van der Waals surface area contributed by atoms with Crippen LogP contribution in [0.3, 0.4) is 0 Å². The van der Waals surface area contributed by atoms with Crippen molar-refractivity contribution in [3.63, 3.8) is 0 Å². The summed E-state index contributed by atoms with van der Waals surface area (Å²) in [6.45, 7) is 3.90. The molecule has 0 aliphatic carbocycles. The average Bonchev–Trinajstić information content (AvgIpc) is 2.95. The van der Waals surface area contributed by atoms with E-state index in [2.05, 4.69) is 16.4 Å². The Morgan fingerprint density at radius 1 is 1.45 bits per heavy atom. The summed E-state index contributed by atoms with van der Waals surface area (Å²) in [4.78, 5) is 24.2. The molecule has 2 rings (SSSR count). The van der Waals surface area contributed by atoms with E-state index >= 15 is 0 Å². The van der Waals surface area contributed by atoms with Gasteiger partial charge in [-0.3, -0.25) is 9.48 Å². The monoisotopic (exact) mass is 281 g/mol. The average molecular weight is 281 g/mol. The molecular weight excluding hydrogens is 265 g/mol. The summed E-state index contributed by atoms with van der Waals surface area (Å²) in [5.74, 6) is -2.07. The molecule has 7 heteroatoms. The molecule has 0 aromatic carbocycles. The van der Waals surface area contributed by atoms with Gasteiger partial charge in [-0.1, -0.05) is 6.58 Å². The first-order chi connectivity index (χ1) is 9.52. The number of hydrogen-bond acceptors (Lipinski definition) is 4. The number of carbonyl (C=O) groups is 2. The van der Waals surface area contributed by atoms with Gasteiger partial charge in [0.05, 0.1) is 13.2 Å². The molecule has 0 saturated carbocycles. The third kappa shape index (κ3) is 2.87. The molecule has 6 nitrogen and oxygen atoms in total. The Bertz CT molecular complexity index is 533. The number of likely N-dealkylation sites (tertiary alicyclic amines) is 1. The second kappa shape index (κ2) is 5.85. The lowest BCUT2D eigenvalue weighted by molar-refractivity contribution is -0.129. The Labute approximate surface area is 115 Å². The maximum absolute atomic E-state index is 12.8. The van der Waals surface area contributed by atoms with Crippen molar-refractivity contribution >= 4 is 11.9 Å². The number of methoxy groups -OCH3 is 1. The van der Waals surface area contributed by atoms with Gasteiger partial charge in [-0.15, -0.1) is 0 Å². The van der Waals surface area contributed by atoms with E-state index in [0.29, 0.717) is 25.9 Å². The standard InChI is InChI=1S/C13H16FN3O3/c1-9(14)12(18)16-6-3-10(4-7-16)17-8-5-11(15-17)13(19)20-2/h5,8,10H,1,3-4,6-7H2,2H3. The molecule has 1 aromatic rings. The fourth-order valence-electron chi connectivity index (χ4n) is 2.26. The van der Waals surface area contributed by atoms with Crippen LogP contribution in [0.4, 0.5) is 4.39 Å². The predicted octanol–water partition coefficient (Wildman–Crippen LogP) is 1.32. The van der Waals surface area contributed by atoms with Crippen LogP contribution in [-0.2, 0) is 9.53 Å². The van der Waals surface area contributed by atoms with E-state index in [-0.39, 0.29) is 11.7 Å². The molecule has 0 atom stereocenters. The molecule has 1 fully saturated rings. The van der Waals surface area contributed by atoms with Gasteiger partial charge in [0, 0.05) is 19.3 Å². The summed E-state index contributed by atoms with van der Waals surface area (Å²) >= 11 is 0. The number of rotatable bonds is 3. The smallest absolute Gasteiger partial charge is 0.358 e. The second-order valence-corrected chi connectivity index (χ2v) is 4.60. The molecule has 20 heavy (non-hydrogen) atoms. The molecule has 0 radical (unpaired) electrons. The Balaban J connectivity index is 1.97. The summed E-state index contributed by atoms with van der Waals surface area (Å²) in [6.07, 6.45) is 3.02. The van der Waals surface area contributed by atoms with Gasteiger partial charge in [0.15, 0.2) is 11.5 Å². The maximum atomic E-state index is 12.8. The number of hydrogen-bond donors (Lipinski definition) is 0. The number of carbonyl (C=O) groups excluding carboxylic acids is 2. The zero-order valence-electron chi connectivity index (χ0n) is 11.2. The first-order valence-electron chi connectivity index (χ1n) is 6.30. The molecule has 0 N–H and O–H groups in total. The number of piperidine rings is 1. The van der Waals surface area contributed by atoms with Crippen LogP contribution < -0.4 is 0 Å². The Morgan fingerprint density at radius 2 is 2.10 bits per heavy atom. The fourth-order valence-corrected chi connectivity index (χ4v) is 2.26. The molecule has 1 aliphatic heterocycles. The number of amides is 1. The summed E-state index contributed by atoms with van der Waals surface area (Å²) < 4.78 is 19.1. The van der Waals surface area contributed by atoms with Crippen LogP contribution in [0.15, 0.2) is 24.7 Å². The molecule has 0 bridgehead atoms. The minimum atomic E-state index is -0.935. The van der Waals surface area contributed by atoms with Gasteiger partial charge in [-0.2, -0.15) is 5.10 Å². The Morgan fingerprint density at radius 3 is 2.65 bits per heavy atom. The molecule has 0 unspecified atom stereocenters. The third-order valence-electron chi connectivity index (χ3n) is 3.36. The summed E-state index contributed by atoms with van der Waals surface area (Å²) in [6, 6.07) is 1.68. The van der Waals surface area contributed by atoms with E-state index in [4.69, 9.17) is 0 Å². The summed E-state index contributed by atoms with van der Waals surface area (Å²) in [5, 5.41) is 4.16. The number of halogens is 1. The Hall–Kier alpha value is -2.18. The van der Waals surface area contributed by atoms with E-state index in [1.807, 2.05) is 0 Å². The highest BCUT2D eigenvalue weighted by Crippen LogP contribution is 2.23. The van der Waals surface area contributed by atoms with E-state index in [9.17, 15) is 14.0 Å². The van der Waals surface area contributed by atoms with Crippen LogP contribution in [0.25, 0.3) is 0 Å². The molecule has 1 saturated heterocycles. The van der Waals surface area contributed by atoms with Gasteiger partial charge in [-0.25, -0.2) is 9.18 Å². The van der Waals surface area contributed by atoms with Gasteiger partial charge >= 0.3 is 5.97 Å². The molecule has 1 aromatic heterocycles. The minimum Gasteiger partial charge on any atom is -0.464 e. The summed E-state index contributed by atoms with van der Waals surface area (Å²) in [5.41, 5.74) is 0.253. The summed E-state index contributed by atoms with van der Waals surface area (Å²) in [7, 11) is 1.30. The normalized spacial score (nSPS) is 16.0. The third-order valence-corrected chi connectivity index (χ3v) is 3.36. The molecule has 1 aliphatic rings. The van der Waals surface area contributed by atoms with E-state index in [0.717, 1.165) is 0 Å². The lowest BCUT2D eigenvalue weighted by atomic mass is 10.1. The molecule has 2 heterocycles. The van der Waals surface area contributed by atoms with Crippen LogP contribution in [0.2, 0.25) is 0 Å². The lowest BCUT2D eigenvalue weighted by Crippen LogP contribution is -2.39. The van der Waals surface area contributed by atoms with Crippen molar-refractivity contribution in [2.24, 2.45) is 0 Å². The number of ether oxygens (including phenoxy) is 1. The Kier molecular flexibility index (Phi) is 4.16. The van der Waals surface area contributed by atoms with Crippen molar-refractivity contribution < 1.29 is 18.7 Å². The second-order valence-electron chi connectivity index (χ2n) is 4.60. The number of nitrogens with zero attached hydrogens (tertiary/aromatic N) is 3. The minimum absolute atomic E-state index is 0.0883. The van der Waals surface area contributed by atoms with E-state index < -0.39 is 17.7 Å². The quantitative estimate of drug-likeness (QED) is 0.619. The van der Waals surface area contributed by atoms with Crippen molar-refractivity contribution in [3.8, 4) is 0 Å². The molecule has 108 valence electrons. The molecule has 0 spiro atoms. The molecule has 1 amide bonds. The van der Waals surface area contributed by atoms with Gasteiger partial charge in [0.25, 0.3) is 5.91 Å². The predicted molar refractivity (Wildman–Crippen MR) is 68.7 cm³/mol. The van der Waals surface area contributed by atoms with Crippen molar-refractivity contribution in [3.05, 3.63) is 30.4 Å². The van der Waals surface area contributed by atoms with Crippen LogP contribution in [0, 0.1) is 0 Å². The van der Waals surface area contributed by atoms with E-state index in [1.165, 1.54) is 12.0 Å². The van der Waals surface area contributed by atoms with Crippen LogP contribution >= 0.6 is 0 Å². The lowest BCUT2D eigenvalue weighted by Gasteiger charge is -2.31. The highest BCUT2D eigenvalue weighted by molar-refractivity contribution is 5.90. The maximum Gasteiger partial charge on any atom is 0.358 e. The van der Waals surface area contributed by atoms with Crippen LogP contribution in [0.1, 0.15) is 29.4 Å². The highest BCUT2D eigenvalue weighted by Gasteiger charge is 2.26. The van der Waals surface area contributed by atoms with Crippen LogP contribution in [-0.4, -0.2) is 46.8 Å². The highest BCUT2D eigenvalue weighted by atomic mass is 19.1. The zero-order chi connectivity index (χ0) is 14.7. The fraction of sp³-hybridized carbons (Fsp3) is 0.462. The SMILES string of the molecule is C=C(F)C(=O)N1CCC(n2ccc(C(=O)OC)n2)CC1. The van der Waals surface area contributed by atoms with Crippen molar-refractivity contribution in [2.45, 2.75) is 18.9 Å². The van der Waals surface area contributed by atoms with Crippen molar-refractivity contribution in [2.75, 3.05) is 20.2 Å². The van der Waals surface area contributed by atoms with Gasteiger partial charge in [0.1, 0.15) is 0 Å². The van der Waals surface area contributed by atoms with Crippen LogP contribution in [0.5, 0.6) is 0 Å². The first kappa shape index (κ1) is 14.2. The largest absolute Gasteiger partial charge is 0.464 e. The van der Waals surface area contributed by atoms with E-state index in [1.54, 1.807) is 16.9 Å².